The molecule has 0 unspecified atom stereocenters. The molecule has 5 rings (SSSR count). The van der Waals surface area contributed by atoms with Gasteiger partial charge in [0.15, 0.2) is 11.5 Å². The fraction of sp³-hybridized carbons (Fsp3) is 0.304. The Bertz CT molecular complexity index is 1310. The van der Waals surface area contributed by atoms with E-state index >= 15 is 0 Å². The van der Waals surface area contributed by atoms with Crippen molar-refractivity contribution in [3.63, 3.8) is 0 Å². The molecule has 34 heavy (non-hydrogen) atoms. The maximum Gasteiger partial charge on any atom is 0.273 e. The molecule has 0 radical (unpaired) electrons. The summed E-state index contributed by atoms with van der Waals surface area (Å²) >= 11 is 0. The number of rotatable bonds is 7. The molecule has 1 aliphatic carbocycles. The molecule has 11 heteroatoms. The molecule has 3 aromatic heterocycles. The Morgan fingerprint density at radius 1 is 1.12 bits per heavy atom. The number of anilines is 3. The number of hydrogen-bond donors (Lipinski definition) is 4. The van der Waals surface area contributed by atoms with Gasteiger partial charge in [-0.2, -0.15) is 10.1 Å². The molecule has 1 saturated carbocycles. The summed E-state index contributed by atoms with van der Waals surface area (Å²) in [6.07, 6.45) is 9.37. The van der Waals surface area contributed by atoms with Crippen molar-refractivity contribution in [2.24, 2.45) is 11.5 Å². The molecule has 6 N–H and O–H groups in total. The number of nitrogens with two attached hydrogens (primary N) is 2. The third-order valence-electron chi connectivity index (χ3n) is 6.08. The zero-order valence-electron chi connectivity index (χ0n) is 18.6. The summed E-state index contributed by atoms with van der Waals surface area (Å²) in [5.74, 6) is -0.192. The summed E-state index contributed by atoms with van der Waals surface area (Å²) in [6.45, 7) is 0.604. The largest absolute Gasteiger partial charge is 0.364 e. The lowest BCUT2D eigenvalue weighted by Gasteiger charge is -2.29. The molecule has 1 aliphatic rings. The minimum Gasteiger partial charge on any atom is -0.364 e. The van der Waals surface area contributed by atoms with Crippen LogP contribution in [0.5, 0.6) is 0 Å². The van der Waals surface area contributed by atoms with Crippen LogP contribution in [0.25, 0.3) is 10.9 Å². The number of nitrogens with one attached hydrogen (secondary N) is 2. The van der Waals surface area contributed by atoms with Crippen molar-refractivity contribution in [2.75, 3.05) is 10.6 Å². The molecule has 0 bridgehead atoms. The van der Waals surface area contributed by atoms with Crippen molar-refractivity contribution < 1.29 is 4.79 Å². The Morgan fingerprint density at radius 3 is 2.74 bits per heavy atom. The highest BCUT2D eigenvalue weighted by Gasteiger charge is 2.24. The summed E-state index contributed by atoms with van der Waals surface area (Å²) < 4.78 is 1.90. The van der Waals surface area contributed by atoms with E-state index in [1.807, 2.05) is 35.0 Å². The van der Waals surface area contributed by atoms with E-state index in [0.717, 1.165) is 47.8 Å². The summed E-state index contributed by atoms with van der Waals surface area (Å²) in [4.78, 5) is 20.6. The van der Waals surface area contributed by atoms with Gasteiger partial charge < -0.3 is 22.1 Å². The van der Waals surface area contributed by atoms with Gasteiger partial charge in [-0.1, -0.05) is 18.9 Å². The van der Waals surface area contributed by atoms with Crippen LogP contribution < -0.4 is 22.1 Å². The van der Waals surface area contributed by atoms with Crippen LogP contribution in [0.3, 0.4) is 0 Å². The molecule has 0 saturated heterocycles. The van der Waals surface area contributed by atoms with E-state index in [2.05, 4.69) is 35.9 Å². The lowest BCUT2D eigenvalue weighted by atomic mass is 9.91. The molecule has 11 nitrogen and oxygen atoms in total. The highest BCUT2D eigenvalue weighted by molar-refractivity contribution is 5.98. The second-order valence-electron chi connectivity index (χ2n) is 8.42. The smallest absolute Gasteiger partial charge is 0.273 e. The van der Waals surface area contributed by atoms with Crippen molar-refractivity contribution in [1.82, 2.24) is 29.9 Å². The van der Waals surface area contributed by atoms with Gasteiger partial charge in [0.05, 0.1) is 23.9 Å². The standard InChI is InChI=1S/C23H26N10O/c24-16-4-1-2-5-18(16)29-23-30-22(20(21(25)34)31-32-23)28-17-6-3-7-19-15(17)12-27-33(19)13-14-8-10-26-11-9-14/h3,6-12,16,18H,1-2,4-5,13,24H2,(H2,25,34)(H2,28,29,30,32)/t16-,18+/m0/s1. The van der Waals surface area contributed by atoms with Gasteiger partial charge in [-0.25, -0.2) is 0 Å². The third-order valence-corrected chi connectivity index (χ3v) is 6.08. The Labute approximate surface area is 196 Å². The van der Waals surface area contributed by atoms with Crippen LogP contribution in [0.15, 0.2) is 48.9 Å². The molecule has 2 atom stereocenters. The van der Waals surface area contributed by atoms with Crippen LogP contribution in [0.2, 0.25) is 0 Å². The van der Waals surface area contributed by atoms with E-state index in [-0.39, 0.29) is 23.6 Å². The molecule has 1 amide bonds. The Morgan fingerprint density at radius 2 is 1.94 bits per heavy atom. The van der Waals surface area contributed by atoms with Crippen molar-refractivity contribution in [2.45, 2.75) is 44.3 Å². The number of pyridine rings is 1. The number of carbonyl (C=O) groups excluding carboxylic acids is 1. The minimum absolute atomic E-state index is 0.0181. The second-order valence-corrected chi connectivity index (χ2v) is 8.42. The zero-order chi connectivity index (χ0) is 23.5. The van der Waals surface area contributed by atoms with E-state index in [1.165, 1.54) is 0 Å². The lowest BCUT2D eigenvalue weighted by molar-refractivity contribution is 0.0995. The average Bonchev–Trinajstić information content (AvgIpc) is 3.25. The Hall–Kier alpha value is -4.12. The van der Waals surface area contributed by atoms with Gasteiger partial charge in [0, 0.05) is 29.9 Å². The average molecular weight is 459 g/mol. The highest BCUT2D eigenvalue weighted by Crippen LogP contribution is 2.28. The molecule has 1 fully saturated rings. The van der Waals surface area contributed by atoms with E-state index < -0.39 is 5.91 Å². The number of fused-ring (bicyclic) bond motifs is 1. The minimum atomic E-state index is -0.719. The molecule has 3 heterocycles. The summed E-state index contributed by atoms with van der Waals surface area (Å²) in [5, 5.41) is 20.0. The van der Waals surface area contributed by atoms with Gasteiger partial charge in [-0.3, -0.25) is 14.5 Å². The Kier molecular flexibility index (Phi) is 6.00. The van der Waals surface area contributed by atoms with Gasteiger partial charge >= 0.3 is 0 Å². The van der Waals surface area contributed by atoms with Crippen LogP contribution >= 0.6 is 0 Å². The first kappa shape index (κ1) is 21.7. The van der Waals surface area contributed by atoms with Crippen molar-refractivity contribution >= 4 is 34.3 Å². The predicted molar refractivity (Wildman–Crippen MR) is 129 cm³/mol. The molecule has 0 spiro atoms. The van der Waals surface area contributed by atoms with E-state index in [1.54, 1.807) is 18.6 Å². The van der Waals surface area contributed by atoms with Crippen LogP contribution in [0.1, 0.15) is 41.7 Å². The summed E-state index contributed by atoms with van der Waals surface area (Å²) in [5.41, 5.74) is 14.5. The number of primary amides is 1. The number of hydrogen-bond acceptors (Lipinski definition) is 9. The van der Waals surface area contributed by atoms with Crippen molar-refractivity contribution in [3.05, 3.63) is 60.2 Å². The first-order valence-corrected chi connectivity index (χ1v) is 11.3. The van der Waals surface area contributed by atoms with Gasteiger partial charge in [-0.15, -0.1) is 10.2 Å². The lowest BCUT2D eigenvalue weighted by Crippen LogP contribution is -2.43. The fourth-order valence-corrected chi connectivity index (χ4v) is 4.27. The predicted octanol–water partition coefficient (Wildman–Crippen LogP) is 2.19. The fourth-order valence-electron chi connectivity index (χ4n) is 4.27. The Balaban J connectivity index is 1.44. The molecule has 4 aromatic rings. The monoisotopic (exact) mass is 458 g/mol. The zero-order valence-corrected chi connectivity index (χ0v) is 18.6. The number of aromatic nitrogens is 6. The molecule has 174 valence electrons. The van der Waals surface area contributed by atoms with Gasteiger partial charge in [-0.05, 0) is 42.7 Å². The third kappa shape index (κ3) is 4.50. The van der Waals surface area contributed by atoms with E-state index in [4.69, 9.17) is 11.5 Å². The number of amides is 1. The van der Waals surface area contributed by atoms with Gasteiger partial charge in [0.1, 0.15) is 0 Å². The SMILES string of the molecule is NC(=O)c1nnc(N[C@@H]2CCCC[C@@H]2N)nc1Nc1cccc2c1cnn2Cc1ccncc1. The quantitative estimate of drug-likeness (QED) is 0.325. The molecular weight excluding hydrogens is 432 g/mol. The van der Waals surface area contributed by atoms with Crippen LogP contribution in [-0.4, -0.2) is 47.9 Å². The number of carbonyl (C=O) groups is 1. The maximum atomic E-state index is 12.0. The van der Waals surface area contributed by atoms with Crippen molar-refractivity contribution in [3.8, 4) is 0 Å². The summed E-state index contributed by atoms with van der Waals surface area (Å²) in [6, 6.07) is 9.76. The van der Waals surface area contributed by atoms with Gasteiger partial charge in [0.2, 0.25) is 5.95 Å². The van der Waals surface area contributed by atoms with E-state index in [0.29, 0.717) is 12.5 Å². The van der Waals surface area contributed by atoms with Crippen LogP contribution in [-0.2, 0) is 6.54 Å². The van der Waals surface area contributed by atoms with E-state index in [9.17, 15) is 4.79 Å². The molecular formula is C23H26N10O. The van der Waals surface area contributed by atoms with Crippen molar-refractivity contribution in [1.29, 1.82) is 0 Å². The molecule has 1 aromatic carbocycles. The normalized spacial score (nSPS) is 18.0. The number of nitrogens with zero attached hydrogens (tertiary/aromatic N) is 6. The highest BCUT2D eigenvalue weighted by atomic mass is 16.1. The molecule has 0 aliphatic heterocycles. The topological polar surface area (TPSA) is 163 Å². The first-order valence-electron chi connectivity index (χ1n) is 11.3. The van der Waals surface area contributed by atoms with Gasteiger partial charge in [0.25, 0.3) is 5.91 Å². The number of benzene rings is 1. The summed E-state index contributed by atoms with van der Waals surface area (Å²) in [7, 11) is 0. The van der Waals surface area contributed by atoms with Crippen LogP contribution in [0, 0.1) is 0 Å². The second kappa shape index (κ2) is 9.40. The first-order chi connectivity index (χ1) is 16.6. The maximum absolute atomic E-state index is 12.0. The van der Waals surface area contributed by atoms with Crippen LogP contribution in [0.4, 0.5) is 17.5 Å².